The summed E-state index contributed by atoms with van der Waals surface area (Å²) >= 11 is 0. The van der Waals surface area contributed by atoms with E-state index in [-0.39, 0.29) is 12.2 Å². The third-order valence-corrected chi connectivity index (χ3v) is 2.11. The molecule has 2 heterocycles. The molecular weight excluding hydrogens is 144 g/mol. The molecule has 0 aliphatic carbocycles. The van der Waals surface area contributed by atoms with Gasteiger partial charge in [-0.05, 0) is 19.8 Å². The molecule has 0 spiro atoms. The normalized spacial score (nSPS) is 36.8. The molecule has 5 heteroatoms. The van der Waals surface area contributed by atoms with Crippen molar-refractivity contribution in [2.75, 3.05) is 0 Å². The minimum absolute atomic E-state index is 0.0819. The van der Waals surface area contributed by atoms with Gasteiger partial charge in [0.2, 0.25) is 0 Å². The number of hydrazine groups is 2. The Balaban J connectivity index is 2.07. The van der Waals surface area contributed by atoms with Gasteiger partial charge in [0.25, 0.3) is 0 Å². The highest BCUT2D eigenvalue weighted by molar-refractivity contribution is 5.75. The summed E-state index contributed by atoms with van der Waals surface area (Å²) in [6.45, 7) is 2.07. The highest BCUT2D eigenvalue weighted by Gasteiger charge is 2.34. The second kappa shape index (κ2) is 2.35. The third kappa shape index (κ3) is 1.06. The lowest BCUT2D eigenvalue weighted by atomic mass is 10.1. The van der Waals surface area contributed by atoms with Gasteiger partial charge in [-0.25, -0.2) is 20.7 Å². The monoisotopic (exact) mass is 156 g/mol. The van der Waals surface area contributed by atoms with E-state index in [4.69, 9.17) is 0 Å². The van der Waals surface area contributed by atoms with Crippen molar-refractivity contribution in [2.24, 2.45) is 0 Å². The Hall–Kier alpha value is -0.810. The molecule has 0 aromatic heterocycles. The van der Waals surface area contributed by atoms with Gasteiger partial charge in [-0.3, -0.25) is 5.43 Å². The van der Waals surface area contributed by atoms with Gasteiger partial charge in [0, 0.05) is 6.04 Å². The number of hydrogen-bond acceptors (Lipinski definition) is 3. The minimum Gasteiger partial charge on any atom is -0.270 e. The fourth-order valence-electron chi connectivity index (χ4n) is 1.47. The molecule has 2 amide bonds. The lowest BCUT2D eigenvalue weighted by Crippen LogP contribution is -2.54. The molecular formula is C6H12N4O. The van der Waals surface area contributed by atoms with Crippen LogP contribution in [0.1, 0.15) is 19.8 Å². The maximum atomic E-state index is 11.0. The molecule has 2 saturated heterocycles. The summed E-state index contributed by atoms with van der Waals surface area (Å²) in [7, 11) is 0. The summed E-state index contributed by atoms with van der Waals surface area (Å²) in [5, 5.41) is 1.62. The van der Waals surface area contributed by atoms with E-state index in [1.165, 1.54) is 0 Å². The quantitative estimate of drug-likeness (QED) is 0.444. The van der Waals surface area contributed by atoms with Crippen LogP contribution in [0, 0.1) is 0 Å². The van der Waals surface area contributed by atoms with Gasteiger partial charge in [0.15, 0.2) is 0 Å². The first-order chi connectivity index (χ1) is 5.27. The minimum atomic E-state index is -0.0819. The molecule has 0 bridgehead atoms. The summed E-state index contributed by atoms with van der Waals surface area (Å²) in [6.07, 6.45) is 2.24. The van der Waals surface area contributed by atoms with E-state index in [2.05, 4.69) is 23.2 Å². The van der Waals surface area contributed by atoms with Crippen molar-refractivity contribution in [3.8, 4) is 0 Å². The predicted molar refractivity (Wildman–Crippen MR) is 39.1 cm³/mol. The molecule has 5 nitrogen and oxygen atoms in total. The number of carbonyl (C=O) groups is 1. The lowest BCUT2D eigenvalue weighted by Gasteiger charge is -2.32. The number of carbonyl (C=O) groups excluding carboxylic acids is 1. The van der Waals surface area contributed by atoms with Crippen LogP contribution in [0.2, 0.25) is 0 Å². The number of amides is 2. The second-order valence-electron chi connectivity index (χ2n) is 3.07. The number of rotatable bonds is 0. The highest BCUT2D eigenvalue weighted by atomic mass is 16.2. The van der Waals surface area contributed by atoms with E-state index >= 15 is 0 Å². The Morgan fingerprint density at radius 1 is 1.55 bits per heavy atom. The van der Waals surface area contributed by atoms with Crippen molar-refractivity contribution in [3.63, 3.8) is 0 Å². The number of nitrogens with zero attached hydrogens (tertiary/aromatic N) is 1. The molecule has 2 fully saturated rings. The maximum absolute atomic E-state index is 11.0. The van der Waals surface area contributed by atoms with Crippen LogP contribution in [0.15, 0.2) is 0 Å². The lowest BCUT2D eigenvalue weighted by molar-refractivity contribution is 0.108. The molecule has 2 unspecified atom stereocenters. The average Bonchev–Trinajstić information content (AvgIpc) is 2.33. The van der Waals surface area contributed by atoms with Crippen LogP contribution in [0.4, 0.5) is 4.79 Å². The first-order valence-electron chi connectivity index (χ1n) is 3.88. The Morgan fingerprint density at radius 3 is 3.18 bits per heavy atom. The Morgan fingerprint density at radius 2 is 2.36 bits per heavy atom. The van der Waals surface area contributed by atoms with Crippen molar-refractivity contribution in [1.29, 1.82) is 0 Å². The van der Waals surface area contributed by atoms with Crippen molar-refractivity contribution >= 4 is 6.03 Å². The zero-order chi connectivity index (χ0) is 7.84. The average molecular weight is 156 g/mol. The van der Waals surface area contributed by atoms with Crippen LogP contribution < -0.4 is 16.3 Å². The van der Waals surface area contributed by atoms with E-state index in [1.54, 1.807) is 5.01 Å². The SMILES string of the molecule is CC1CCC2NNC(=O)N2N1. The van der Waals surface area contributed by atoms with E-state index < -0.39 is 0 Å². The largest absolute Gasteiger partial charge is 0.347 e. The van der Waals surface area contributed by atoms with E-state index in [9.17, 15) is 4.79 Å². The van der Waals surface area contributed by atoms with E-state index in [1.807, 2.05) is 0 Å². The van der Waals surface area contributed by atoms with Gasteiger partial charge in [-0.2, -0.15) is 0 Å². The molecule has 2 aliphatic heterocycles. The molecule has 0 radical (unpaired) electrons. The standard InChI is InChI=1S/C6H12N4O/c1-4-2-3-5-7-8-6(11)10(5)9-4/h4-5,7,9H,2-3H2,1H3,(H,8,11). The predicted octanol–water partition coefficient (Wildman–Crippen LogP) is -0.471. The molecule has 0 saturated carbocycles. The Bertz CT molecular complexity index is 183. The van der Waals surface area contributed by atoms with Gasteiger partial charge in [0.1, 0.15) is 6.17 Å². The van der Waals surface area contributed by atoms with E-state index in [0.717, 1.165) is 12.8 Å². The molecule has 2 aliphatic rings. The van der Waals surface area contributed by atoms with Crippen LogP contribution in [-0.2, 0) is 0 Å². The zero-order valence-corrected chi connectivity index (χ0v) is 6.42. The summed E-state index contributed by atoms with van der Waals surface area (Å²) in [4.78, 5) is 11.0. The summed E-state index contributed by atoms with van der Waals surface area (Å²) in [6, 6.07) is 0.318. The van der Waals surface area contributed by atoms with E-state index in [0.29, 0.717) is 6.04 Å². The van der Waals surface area contributed by atoms with Crippen LogP contribution >= 0.6 is 0 Å². The molecule has 11 heavy (non-hydrogen) atoms. The number of urea groups is 1. The Labute approximate surface area is 65.1 Å². The maximum Gasteiger partial charge on any atom is 0.347 e. The molecule has 62 valence electrons. The van der Waals surface area contributed by atoms with Gasteiger partial charge >= 0.3 is 6.03 Å². The molecule has 2 rings (SSSR count). The van der Waals surface area contributed by atoms with Crippen LogP contribution in [0.3, 0.4) is 0 Å². The first kappa shape index (κ1) is 6.87. The third-order valence-electron chi connectivity index (χ3n) is 2.11. The number of nitrogens with one attached hydrogen (secondary N) is 3. The molecule has 3 N–H and O–H groups in total. The van der Waals surface area contributed by atoms with Gasteiger partial charge < -0.3 is 0 Å². The fourth-order valence-corrected chi connectivity index (χ4v) is 1.47. The smallest absolute Gasteiger partial charge is 0.270 e. The Kier molecular flexibility index (Phi) is 1.47. The van der Waals surface area contributed by atoms with Gasteiger partial charge in [-0.1, -0.05) is 0 Å². The van der Waals surface area contributed by atoms with Crippen molar-refractivity contribution in [1.82, 2.24) is 21.3 Å². The fraction of sp³-hybridized carbons (Fsp3) is 0.833. The highest BCUT2D eigenvalue weighted by Crippen LogP contribution is 2.14. The topological polar surface area (TPSA) is 56.4 Å². The molecule has 2 atom stereocenters. The number of fused-ring (bicyclic) bond motifs is 1. The molecule has 0 aromatic carbocycles. The van der Waals surface area contributed by atoms with Crippen molar-refractivity contribution in [3.05, 3.63) is 0 Å². The zero-order valence-electron chi connectivity index (χ0n) is 6.42. The van der Waals surface area contributed by atoms with Crippen LogP contribution in [0.25, 0.3) is 0 Å². The van der Waals surface area contributed by atoms with Crippen molar-refractivity contribution < 1.29 is 4.79 Å². The first-order valence-corrected chi connectivity index (χ1v) is 3.88. The van der Waals surface area contributed by atoms with Crippen molar-refractivity contribution in [2.45, 2.75) is 32.0 Å². The summed E-state index contributed by atoms with van der Waals surface area (Å²) in [5.74, 6) is 0. The van der Waals surface area contributed by atoms with Crippen LogP contribution in [0.5, 0.6) is 0 Å². The van der Waals surface area contributed by atoms with Gasteiger partial charge in [0.05, 0.1) is 0 Å². The second-order valence-corrected chi connectivity index (χ2v) is 3.07. The van der Waals surface area contributed by atoms with Crippen LogP contribution in [-0.4, -0.2) is 23.2 Å². The number of hydrogen-bond donors (Lipinski definition) is 3. The summed E-state index contributed by atoms with van der Waals surface area (Å²) in [5.41, 5.74) is 8.54. The van der Waals surface area contributed by atoms with Gasteiger partial charge in [-0.15, -0.1) is 0 Å². The molecule has 0 aromatic rings. The summed E-state index contributed by atoms with van der Waals surface area (Å²) < 4.78 is 0.